The third-order valence-corrected chi connectivity index (χ3v) is 5.27. The highest BCUT2D eigenvalue weighted by Crippen LogP contribution is 2.30. The quantitative estimate of drug-likeness (QED) is 0.464. The van der Waals surface area contributed by atoms with Gasteiger partial charge in [-0.15, -0.1) is 0 Å². The number of allylic oxidation sites excluding steroid dienone is 4. The van der Waals surface area contributed by atoms with Gasteiger partial charge in [-0.2, -0.15) is 0 Å². The van der Waals surface area contributed by atoms with E-state index >= 15 is 0 Å². The van der Waals surface area contributed by atoms with Crippen molar-refractivity contribution in [3.8, 4) is 0 Å². The van der Waals surface area contributed by atoms with Crippen molar-refractivity contribution in [3.05, 3.63) is 23.3 Å². The SMILES string of the molecule is CCCCC(C)(C)C(=O)C=CC1=C(CCCC(O)CCC(=O)O)CCC1=O. The molecule has 5 nitrogen and oxygen atoms in total. The number of rotatable bonds is 13. The Labute approximate surface area is 162 Å². The van der Waals surface area contributed by atoms with Crippen molar-refractivity contribution in [2.24, 2.45) is 5.41 Å². The van der Waals surface area contributed by atoms with E-state index in [4.69, 9.17) is 5.11 Å². The molecule has 0 fully saturated rings. The van der Waals surface area contributed by atoms with Gasteiger partial charge in [0.25, 0.3) is 0 Å². The molecule has 2 N–H and O–H groups in total. The summed E-state index contributed by atoms with van der Waals surface area (Å²) in [7, 11) is 0. The molecule has 1 aliphatic carbocycles. The molecule has 0 saturated carbocycles. The number of unbranched alkanes of at least 4 members (excludes halogenated alkanes) is 1. The minimum atomic E-state index is -0.905. The van der Waals surface area contributed by atoms with Gasteiger partial charge in [0.15, 0.2) is 11.6 Å². The van der Waals surface area contributed by atoms with Crippen LogP contribution in [0.2, 0.25) is 0 Å². The lowest BCUT2D eigenvalue weighted by Crippen LogP contribution is -2.22. The van der Waals surface area contributed by atoms with E-state index in [9.17, 15) is 19.5 Å². The van der Waals surface area contributed by atoms with Crippen LogP contribution in [0.25, 0.3) is 0 Å². The van der Waals surface area contributed by atoms with Crippen molar-refractivity contribution in [3.63, 3.8) is 0 Å². The summed E-state index contributed by atoms with van der Waals surface area (Å²) >= 11 is 0. The topological polar surface area (TPSA) is 91.7 Å². The lowest BCUT2D eigenvalue weighted by atomic mass is 9.82. The average molecular weight is 379 g/mol. The maximum atomic E-state index is 12.5. The monoisotopic (exact) mass is 378 g/mol. The van der Waals surface area contributed by atoms with E-state index in [0.29, 0.717) is 37.7 Å². The van der Waals surface area contributed by atoms with E-state index in [1.165, 1.54) is 0 Å². The molecule has 0 aromatic carbocycles. The molecule has 1 unspecified atom stereocenters. The van der Waals surface area contributed by atoms with Gasteiger partial charge < -0.3 is 10.2 Å². The van der Waals surface area contributed by atoms with Gasteiger partial charge in [0, 0.05) is 23.8 Å². The molecule has 1 aliphatic rings. The first-order valence-corrected chi connectivity index (χ1v) is 10.0. The maximum Gasteiger partial charge on any atom is 0.303 e. The van der Waals surface area contributed by atoms with Gasteiger partial charge in [0.2, 0.25) is 0 Å². The van der Waals surface area contributed by atoms with Gasteiger partial charge in [0.1, 0.15) is 0 Å². The first kappa shape index (κ1) is 23.3. The summed E-state index contributed by atoms with van der Waals surface area (Å²) < 4.78 is 0. The fourth-order valence-electron chi connectivity index (χ4n) is 3.31. The normalized spacial score (nSPS) is 16.4. The summed E-state index contributed by atoms with van der Waals surface area (Å²) in [4.78, 5) is 35.2. The summed E-state index contributed by atoms with van der Waals surface area (Å²) in [6.45, 7) is 5.99. The number of carboxylic acid groups (broad SMARTS) is 1. The van der Waals surface area contributed by atoms with E-state index < -0.39 is 17.5 Å². The van der Waals surface area contributed by atoms with Gasteiger partial charge >= 0.3 is 5.97 Å². The number of hydrogen-bond donors (Lipinski definition) is 2. The fourth-order valence-corrected chi connectivity index (χ4v) is 3.31. The number of carbonyl (C=O) groups excluding carboxylic acids is 2. The zero-order valence-corrected chi connectivity index (χ0v) is 16.9. The van der Waals surface area contributed by atoms with Crippen LogP contribution in [0.5, 0.6) is 0 Å². The van der Waals surface area contributed by atoms with E-state index in [-0.39, 0.29) is 24.4 Å². The van der Waals surface area contributed by atoms with Gasteiger partial charge in [-0.1, -0.05) is 39.2 Å². The minimum Gasteiger partial charge on any atom is -0.481 e. The van der Waals surface area contributed by atoms with Crippen LogP contribution >= 0.6 is 0 Å². The summed E-state index contributed by atoms with van der Waals surface area (Å²) in [5.41, 5.74) is 1.28. The number of Topliss-reactive ketones (excluding diaryl/α,β-unsaturated/α-hetero) is 1. The summed E-state index contributed by atoms with van der Waals surface area (Å²) in [6, 6.07) is 0. The zero-order chi connectivity index (χ0) is 20.4. The minimum absolute atomic E-state index is 0.0355. The third kappa shape index (κ3) is 8.21. The molecule has 0 aromatic rings. The van der Waals surface area contributed by atoms with Crippen molar-refractivity contribution in [1.82, 2.24) is 0 Å². The second-order valence-electron chi connectivity index (χ2n) is 8.10. The number of aliphatic hydroxyl groups is 1. The van der Waals surface area contributed by atoms with Gasteiger partial charge in [-0.25, -0.2) is 0 Å². The second-order valence-corrected chi connectivity index (χ2v) is 8.10. The molecular formula is C22H34O5. The lowest BCUT2D eigenvalue weighted by molar-refractivity contribution is -0.137. The molecule has 1 atom stereocenters. The highest BCUT2D eigenvalue weighted by Gasteiger charge is 2.26. The van der Waals surface area contributed by atoms with E-state index in [1.54, 1.807) is 12.2 Å². The van der Waals surface area contributed by atoms with Crippen LogP contribution in [0.1, 0.15) is 85.0 Å². The van der Waals surface area contributed by atoms with Crippen LogP contribution in [-0.4, -0.2) is 33.9 Å². The standard InChI is InChI=1S/C22H34O5/c1-4-5-15-22(2,3)20(25)13-11-18-16(9-12-19(18)24)7-6-8-17(23)10-14-21(26)27/h11,13,17,23H,4-10,12,14-15H2,1-3H3,(H,26,27). The third-order valence-electron chi connectivity index (χ3n) is 5.27. The molecular weight excluding hydrogens is 344 g/mol. The van der Waals surface area contributed by atoms with Crippen molar-refractivity contribution < 1.29 is 24.6 Å². The smallest absolute Gasteiger partial charge is 0.303 e. The predicted molar refractivity (Wildman–Crippen MR) is 105 cm³/mol. The number of carboxylic acids is 1. The van der Waals surface area contributed by atoms with Crippen molar-refractivity contribution in [2.75, 3.05) is 0 Å². The van der Waals surface area contributed by atoms with Crippen LogP contribution in [-0.2, 0) is 14.4 Å². The predicted octanol–water partition coefficient (Wildman–Crippen LogP) is 4.38. The van der Waals surface area contributed by atoms with Crippen LogP contribution in [0.15, 0.2) is 23.3 Å². The number of carbonyl (C=O) groups is 3. The highest BCUT2D eigenvalue weighted by atomic mass is 16.4. The largest absolute Gasteiger partial charge is 0.481 e. The van der Waals surface area contributed by atoms with Crippen molar-refractivity contribution >= 4 is 17.5 Å². The Bertz CT molecular complexity index is 598. The molecule has 0 radical (unpaired) electrons. The summed E-state index contributed by atoms with van der Waals surface area (Å²) in [5, 5.41) is 18.5. The van der Waals surface area contributed by atoms with Gasteiger partial charge in [-0.05, 0) is 50.7 Å². The molecule has 5 heteroatoms. The summed E-state index contributed by atoms with van der Waals surface area (Å²) in [5.74, 6) is -0.782. The van der Waals surface area contributed by atoms with Crippen molar-refractivity contribution in [1.29, 1.82) is 0 Å². The highest BCUT2D eigenvalue weighted by molar-refractivity contribution is 6.03. The summed E-state index contributed by atoms with van der Waals surface area (Å²) in [6.07, 6.45) is 8.81. The van der Waals surface area contributed by atoms with Gasteiger partial charge in [0.05, 0.1) is 6.10 Å². The molecule has 0 heterocycles. The van der Waals surface area contributed by atoms with Crippen LogP contribution in [0, 0.1) is 5.41 Å². The van der Waals surface area contributed by atoms with E-state index in [2.05, 4.69) is 6.92 Å². The number of aliphatic hydroxyl groups excluding tert-OH is 1. The van der Waals surface area contributed by atoms with Crippen LogP contribution in [0.3, 0.4) is 0 Å². The molecule has 0 aromatic heterocycles. The lowest BCUT2D eigenvalue weighted by Gasteiger charge is -2.20. The zero-order valence-electron chi connectivity index (χ0n) is 16.9. The Balaban J connectivity index is 2.63. The molecule has 152 valence electrons. The Kier molecular flexibility index (Phi) is 9.64. The molecule has 0 saturated heterocycles. The number of aliphatic carboxylic acids is 1. The molecule has 0 amide bonds. The van der Waals surface area contributed by atoms with Crippen LogP contribution < -0.4 is 0 Å². The first-order valence-electron chi connectivity index (χ1n) is 10.0. The fraction of sp³-hybridized carbons (Fsp3) is 0.682. The Morgan fingerprint density at radius 2 is 1.89 bits per heavy atom. The Hall–Kier alpha value is -1.75. The maximum absolute atomic E-state index is 12.5. The number of ketones is 2. The molecule has 0 bridgehead atoms. The van der Waals surface area contributed by atoms with Gasteiger partial charge in [-0.3, -0.25) is 14.4 Å². The van der Waals surface area contributed by atoms with Crippen LogP contribution in [0.4, 0.5) is 0 Å². The molecule has 27 heavy (non-hydrogen) atoms. The molecule has 1 rings (SSSR count). The Morgan fingerprint density at radius 1 is 1.19 bits per heavy atom. The van der Waals surface area contributed by atoms with Crippen molar-refractivity contribution in [2.45, 2.75) is 91.1 Å². The molecule has 0 aliphatic heterocycles. The Morgan fingerprint density at radius 3 is 2.52 bits per heavy atom. The van der Waals surface area contributed by atoms with E-state index in [1.807, 2.05) is 13.8 Å². The average Bonchev–Trinajstić information content (AvgIpc) is 2.95. The second kappa shape index (κ2) is 11.2. The first-order chi connectivity index (χ1) is 12.7. The number of hydrogen-bond acceptors (Lipinski definition) is 4. The van der Waals surface area contributed by atoms with E-state index in [0.717, 1.165) is 24.8 Å². The molecule has 0 spiro atoms.